The summed E-state index contributed by atoms with van der Waals surface area (Å²) in [4.78, 5) is 24.4. The number of carbonyl (C=O) groups excluding carboxylic acids is 1. The smallest absolute Gasteiger partial charge is 0.264 e. The molecule has 5 aromatic rings. The van der Waals surface area contributed by atoms with E-state index in [1.807, 2.05) is 48.5 Å². The third-order valence-corrected chi connectivity index (χ3v) is 9.74. The van der Waals surface area contributed by atoms with E-state index < -0.39 is 10.0 Å². The van der Waals surface area contributed by atoms with E-state index in [9.17, 15) is 13.2 Å². The summed E-state index contributed by atoms with van der Waals surface area (Å²) >= 11 is 7.54. The van der Waals surface area contributed by atoms with Crippen LogP contribution in [-0.4, -0.2) is 30.8 Å². The molecule has 0 N–H and O–H groups in total. The first-order valence-corrected chi connectivity index (χ1v) is 15.0. The van der Waals surface area contributed by atoms with Gasteiger partial charge in [0.25, 0.3) is 15.9 Å². The van der Waals surface area contributed by atoms with Gasteiger partial charge in [-0.1, -0.05) is 47.2 Å². The van der Waals surface area contributed by atoms with Crippen molar-refractivity contribution in [2.45, 2.75) is 24.3 Å². The number of hydrogen-bond acceptors (Lipinski definition) is 6. The van der Waals surface area contributed by atoms with E-state index >= 15 is 0 Å². The number of sulfonamides is 1. The van der Waals surface area contributed by atoms with Gasteiger partial charge in [-0.15, -0.1) is 0 Å². The van der Waals surface area contributed by atoms with Crippen LogP contribution in [0.4, 0.5) is 10.8 Å². The summed E-state index contributed by atoms with van der Waals surface area (Å²) in [5.41, 5.74) is 3.66. The zero-order valence-electron chi connectivity index (χ0n) is 20.7. The number of thiazole rings is 1. The third-order valence-electron chi connectivity index (χ3n) is 6.64. The van der Waals surface area contributed by atoms with Crippen molar-refractivity contribution in [3.63, 3.8) is 0 Å². The first-order chi connectivity index (χ1) is 18.9. The number of rotatable bonds is 6. The van der Waals surface area contributed by atoms with Crippen LogP contribution < -0.4 is 9.21 Å². The van der Waals surface area contributed by atoms with Gasteiger partial charge in [0.15, 0.2) is 5.13 Å². The average Bonchev–Trinajstić information content (AvgIpc) is 3.38. The Kier molecular flexibility index (Phi) is 6.80. The van der Waals surface area contributed by atoms with Gasteiger partial charge in [-0.25, -0.2) is 13.4 Å². The van der Waals surface area contributed by atoms with Crippen molar-refractivity contribution in [2.24, 2.45) is 0 Å². The second kappa shape index (κ2) is 10.4. The van der Waals surface area contributed by atoms with Crippen molar-refractivity contribution in [2.75, 3.05) is 15.7 Å². The van der Waals surface area contributed by atoms with E-state index in [2.05, 4.69) is 9.97 Å². The van der Waals surface area contributed by atoms with Crippen molar-refractivity contribution in [3.8, 4) is 0 Å². The largest absolute Gasteiger partial charge is 0.279 e. The summed E-state index contributed by atoms with van der Waals surface area (Å²) in [6.45, 7) is 0.672. The number of para-hydroxylation sites is 1. The molecule has 3 aromatic carbocycles. The van der Waals surface area contributed by atoms with E-state index in [0.717, 1.165) is 34.2 Å². The maximum Gasteiger partial charge on any atom is 0.264 e. The molecule has 0 aliphatic carbocycles. The van der Waals surface area contributed by atoms with Crippen LogP contribution in [0.3, 0.4) is 0 Å². The summed E-state index contributed by atoms with van der Waals surface area (Å²) in [7, 11) is -3.78. The van der Waals surface area contributed by atoms with Crippen LogP contribution >= 0.6 is 22.9 Å². The highest BCUT2D eigenvalue weighted by Crippen LogP contribution is 2.34. The fraction of sp³-hybridized carbons (Fsp3) is 0.138. The number of carbonyl (C=O) groups is 1. The monoisotopic (exact) mass is 574 g/mol. The van der Waals surface area contributed by atoms with Crippen molar-refractivity contribution in [1.29, 1.82) is 0 Å². The molecule has 0 atom stereocenters. The number of pyridine rings is 1. The second-order valence-electron chi connectivity index (χ2n) is 9.19. The molecule has 2 aromatic heterocycles. The number of hydrogen-bond donors (Lipinski definition) is 0. The Morgan fingerprint density at radius 2 is 1.85 bits per heavy atom. The van der Waals surface area contributed by atoms with Gasteiger partial charge in [0.1, 0.15) is 0 Å². The molecule has 1 aliphatic heterocycles. The van der Waals surface area contributed by atoms with Crippen molar-refractivity contribution in [3.05, 3.63) is 113 Å². The molecule has 0 fully saturated rings. The number of anilines is 2. The maximum atomic E-state index is 13.8. The van der Waals surface area contributed by atoms with E-state index in [1.165, 1.54) is 27.8 Å². The Morgan fingerprint density at radius 1 is 1.03 bits per heavy atom. The van der Waals surface area contributed by atoms with E-state index in [1.54, 1.807) is 35.5 Å². The molecule has 6 rings (SSSR count). The first-order valence-electron chi connectivity index (χ1n) is 12.4. The summed E-state index contributed by atoms with van der Waals surface area (Å²) in [5.74, 6) is -0.295. The lowest BCUT2D eigenvalue weighted by Crippen LogP contribution is -2.35. The van der Waals surface area contributed by atoms with Gasteiger partial charge in [0.2, 0.25) is 0 Å². The van der Waals surface area contributed by atoms with E-state index in [4.69, 9.17) is 11.6 Å². The van der Waals surface area contributed by atoms with Crippen LogP contribution in [0.2, 0.25) is 5.02 Å². The average molecular weight is 575 g/mol. The molecule has 0 spiro atoms. The van der Waals surface area contributed by atoms with Gasteiger partial charge in [-0.05, 0) is 78.6 Å². The minimum absolute atomic E-state index is 0.143. The minimum atomic E-state index is -3.78. The highest BCUT2D eigenvalue weighted by atomic mass is 35.5. The molecule has 0 saturated carbocycles. The second-order valence-corrected chi connectivity index (χ2v) is 12.5. The standard InChI is InChI=1S/C29H23ClN4O3S2/c30-23-11-14-25-27(17-23)38-29(32-25)33(19-20-5-3-15-31-18-20)28(35)22-9-12-24(13-10-22)39(36,37)34-16-4-7-21-6-1-2-8-26(21)34/h1-3,5-6,8-15,17-18H,4,7,16,19H2. The number of aryl methyl sites for hydroxylation is 1. The maximum absolute atomic E-state index is 13.8. The van der Waals surface area contributed by atoms with E-state index in [-0.39, 0.29) is 17.3 Å². The zero-order valence-corrected chi connectivity index (χ0v) is 23.1. The number of amides is 1. The Morgan fingerprint density at radius 3 is 2.64 bits per heavy atom. The van der Waals surface area contributed by atoms with Crippen molar-refractivity contribution in [1.82, 2.24) is 9.97 Å². The minimum Gasteiger partial charge on any atom is -0.279 e. The molecule has 10 heteroatoms. The van der Waals surface area contributed by atoms with Gasteiger partial charge in [-0.2, -0.15) is 0 Å². The summed E-state index contributed by atoms with van der Waals surface area (Å²) in [5, 5.41) is 1.11. The molecule has 196 valence electrons. The molecular weight excluding hydrogens is 552 g/mol. The van der Waals surface area contributed by atoms with Crippen molar-refractivity contribution >= 4 is 59.9 Å². The number of benzene rings is 3. The third kappa shape index (κ3) is 5.01. The van der Waals surface area contributed by atoms with E-state index in [0.29, 0.717) is 27.9 Å². The molecule has 0 bridgehead atoms. The summed E-state index contributed by atoms with van der Waals surface area (Å²) in [6, 6.07) is 22.8. The van der Waals surface area contributed by atoms with Crippen LogP contribution in [0.15, 0.2) is 96.2 Å². The predicted octanol–water partition coefficient (Wildman–Crippen LogP) is 6.33. The molecule has 3 heterocycles. The molecule has 7 nitrogen and oxygen atoms in total. The lowest BCUT2D eigenvalue weighted by atomic mass is 10.0. The Bertz CT molecular complexity index is 1770. The highest BCUT2D eigenvalue weighted by Gasteiger charge is 2.29. The Balaban J connectivity index is 1.33. The first kappa shape index (κ1) is 25.5. The van der Waals surface area contributed by atoms with Gasteiger partial charge in [0.05, 0.1) is 27.3 Å². The molecule has 0 unspecified atom stereocenters. The Labute approximate surface area is 235 Å². The zero-order chi connectivity index (χ0) is 27.0. The molecule has 0 radical (unpaired) electrons. The summed E-state index contributed by atoms with van der Waals surface area (Å²) in [6.07, 6.45) is 4.98. The van der Waals surface area contributed by atoms with Gasteiger partial charge in [-0.3, -0.25) is 19.0 Å². The molecule has 0 saturated heterocycles. The van der Waals surface area contributed by atoms with Crippen LogP contribution in [-0.2, 0) is 23.0 Å². The van der Waals surface area contributed by atoms with Gasteiger partial charge >= 0.3 is 0 Å². The normalized spacial score (nSPS) is 13.3. The predicted molar refractivity (Wildman–Crippen MR) is 155 cm³/mol. The van der Waals surface area contributed by atoms with Crippen molar-refractivity contribution < 1.29 is 13.2 Å². The van der Waals surface area contributed by atoms with Crippen LogP contribution in [0.1, 0.15) is 27.9 Å². The van der Waals surface area contributed by atoms with Crippen LogP contribution in [0.25, 0.3) is 10.2 Å². The molecule has 1 amide bonds. The molecular formula is C29H23ClN4O3S2. The number of halogens is 1. The molecule has 39 heavy (non-hydrogen) atoms. The fourth-order valence-corrected chi connectivity index (χ4v) is 7.48. The number of fused-ring (bicyclic) bond motifs is 2. The SMILES string of the molecule is O=C(c1ccc(S(=O)(=O)N2CCCc3ccccc32)cc1)N(Cc1cccnc1)c1nc2ccc(Cl)cc2s1. The highest BCUT2D eigenvalue weighted by molar-refractivity contribution is 7.92. The topological polar surface area (TPSA) is 83.5 Å². The summed E-state index contributed by atoms with van der Waals surface area (Å²) < 4.78 is 29.4. The van der Waals surface area contributed by atoms with Crippen LogP contribution in [0, 0.1) is 0 Å². The van der Waals surface area contributed by atoms with Crippen LogP contribution in [0.5, 0.6) is 0 Å². The van der Waals surface area contributed by atoms with Gasteiger partial charge in [0, 0.05) is 29.5 Å². The lowest BCUT2D eigenvalue weighted by molar-refractivity contribution is 0.0985. The lowest BCUT2D eigenvalue weighted by Gasteiger charge is -2.30. The quantitative estimate of drug-likeness (QED) is 0.236. The van der Waals surface area contributed by atoms with Gasteiger partial charge < -0.3 is 0 Å². The Hall–Kier alpha value is -3.79. The number of nitrogens with zero attached hydrogens (tertiary/aromatic N) is 4. The number of aromatic nitrogens is 2. The fourth-order valence-electron chi connectivity index (χ4n) is 4.70. The molecule has 1 aliphatic rings.